The molecule has 140 valence electrons. The standard InChI is InChI=1S/C20H34N4O/c1-6-18-7-9-19(10-8-18)17(4)23-20(21-5)22-13-15(2)24-11-12-25-14-16(24)3/h7-10,15-17H,6,11-14H2,1-5H3,(H2,21,22,23). The predicted molar refractivity (Wildman–Crippen MR) is 105 cm³/mol. The zero-order valence-corrected chi connectivity index (χ0v) is 16.4. The molecular weight excluding hydrogens is 312 g/mol. The molecule has 1 saturated heterocycles. The van der Waals surface area contributed by atoms with Gasteiger partial charge in [0, 0.05) is 32.2 Å². The Morgan fingerprint density at radius 1 is 1.32 bits per heavy atom. The largest absolute Gasteiger partial charge is 0.379 e. The van der Waals surface area contributed by atoms with Crippen molar-refractivity contribution < 1.29 is 4.74 Å². The fourth-order valence-electron chi connectivity index (χ4n) is 3.28. The summed E-state index contributed by atoms with van der Waals surface area (Å²) in [5.74, 6) is 0.847. The van der Waals surface area contributed by atoms with Crippen molar-refractivity contribution in [2.75, 3.05) is 33.4 Å². The Bertz CT molecular complexity index is 543. The molecule has 1 aliphatic heterocycles. The molecule has 3 unspecified atom stereocenters. The number of nitrogens with zero attached hydrogens (tertiary/aromatic N) is 2. The van der Waals surface area contributed by atoms with Crippen molar-refractivity contribution in [3.05, 3.63) is 35.4 Å². The molecular formula is C20H34N4O. The molecule has 1 aromatic rings. The number of rotatable bonds is 6. The summed E-state index contributed by atoms with van der Waals surface area (Å²) < 4.78 is 5.53. The minimum atomic E-state index is 0.217. The fourth-order valence-corrected chi connectivity index (χ4v) is 3.28. The fraction of sp³-hybridized carbons (Fsp3) is 0.650. The number of aryl methyl sites for hydroxylation is 1. The van der Waals surface area contributed by atoms with Gasteiger partial charge in [0.15, 0.2) is 5.96 Å². The van der Waals surface area contributed by atoms with Crippen molar-refractivity contribution in [3.63, 3.8) is 0 Å². The number of morpholine rings is 1. The third kappa shape index (κ3) is 5.72. The van der Waals surface area contributed by atoms with E-state index >= 15 is 0 Å². The van der Waals surface area contributed by atoms with Crippen molar-refractivity contribution in [2.24, 2.45) is 4.99 Å². The summed E-state index contributed by atoms with van der Waals surface area (Å²) >= 11 is 0. The second-order valence-corrected chi connectivity index (χ2v) is 6.93. The van der Waals surface area contributed by atoms with Gasteiger partial charge in [-0.05, 0) is 38.3 Å². The maximum atomic E-state index is 5.53. The van der Waals surface area contributed by atoms with E-state index in [2.05, 4.69) is 72.5 Å². The molecule has 0 spiro atoms. The lowest BCUT2D eigenvalue weighted by molar-refractivity contribution is -0.0174. The van der Waals surface area contributed by atoms with Gasteiger partial charge in [-0.3, -0.25) is 9.89 Å². The van der Waals surface area contributed by atoms with Crippen LogP contribution in [0.4, 0.5) is 0 Å². The van der Waals surface area contributed by atoms with Crippen LogP contribution in [0.25, 0.3) is 0 Å². The molecule has 0 aromatic heterocycles. The first-order valence-corrected chi connectivity index (χ1v) is 9.44. The van der Waals surface area contributed by atoms with E-state index in [9.17, 15) is 0 Å². The molecule has 1 aliphatic rings. The van der Waals surface area contributed by atoms with Gasteiger partial charge in [0.05, 0.1) is 19.3 Å². The van der Waals surface area contributed by atoms with E-state index in [1.54, 1.807) is 0 Å². The predicted octanol–water partition coefficient (Wildman–Crippen LogP) is 2.58. The van der Waals surface area contributed by atoms with Gasteiger partial charge < -0.3 is 15.4 Å². The number of benzene rings is 1. The number of ether oxygens (including phenoxy) is 1. The van der Waals surface area contributed by atoms with E-state index in [1.807, 2.05) is 7.05 Å². The average molecular weight is 347 g/mol. The first-order chi connectivity index (χ1) is 12.0. The summed E-state index contributed by atoms with van der Waals surface area (Å²) in [5.41, 5.74) is 2.64. The quantitative estimate of drug-likeness (QED) is 0.614. The monoisotopic (exact) mass is 346 g/mol. The Balaban J connectivity index is 1.84. The van der Waals surface area contributed by atoms with Gasteiger partial charge in [-0.25, -0.2) is 0 Å². The Labute approximate surface area is 152 Å². The molecule has 5 nitrogen and oxygen atoms in total. The summed E-state index contributed by atoms with van der Waals surface area (Å²) in [7, 11) is 1.82. The molecule has 5 heteroatoms. The van der Waals surface area contributed by atoms with E-state index in [4.69, 9.17) is 4.74 Å². The number of guanidine groups is 1. The van der Waals surface area contributed by atoms with Gasteiger partial charge in [0.1, 0.15) is 0 Å². The van der Waals surface area contributed by atoms with Crippen LogP contribution in [0.15, 0.2) is 29.3 Å². The van der Waals surface area contributed by atoms with E-state index in [0.29, 0.717) is 12.1 Å². The summed E-state index contributed by atoms with van der Waals surface area (Å²) in [6.45, 7) is 12.3. The number of hydrogen-bond donors (Lipinski definition) is 2. The highest BCUT2D eigenvalue weighted by molar-refractivity contribution is 5.80. The van der Waals surface area contributed by atoms with Crippen molar-refractivity contribution in [1.82, 2.24) is 15.5 Å². The van der Waals surface area contributed by atoms with Crippen molar-refractivity contribution in [2.45, 2.75) is 52.2 Å². The average Bonchev–Trinajstić information content (AvgIpc) is 2.65. The van der Waals surface area contributed by atoms with Crippen LogP contribution >= 0.6 is 0 Å². The molecule has 1 aromatic carbocycles. The van der Waals surface area contributed by atoms with Crippen molar-refractivity contribution in [1.29, 1.82) is 0 Å². The van der Waals surface area contributed by atoms with E-state index < -0.39 is 0 Å². The number of nitrogens with one attached hydrogen (secondary N) is 2. The van der Waals surface area contributed by atoms with Crippen LogP contribution in [0.3, 0.4) is 0 Å². The normalized spacial score (nSPS) is 21.6. The van der Waals surface area contributed by atoms with E-state index in [-0.39, 0.29) is 6.04 Å². The van der Waals surface area contributed by atoms with Crippen LogP contribution in [0.1, 0.15) is 44.9 Å². The van der Waals surface area contributed by atoms with Crippen LogP contribution in [-0.4, -0.2) is 56.3 Å². The second-order valence-electron chi connectivity index (χ2n) is 6.93. The van der Waals surface area contributed by atoms with E-state index in [0.717, 1.165) is 38.7 Å². The van der Waals surface area contributed by atoms with Crippen molar-refractivity contribution >= 4 is 5.96 Å². The lowest BCUT2D eigenvalue weighted by Gasteiger charge is -2.38. The maximum Gasteiger partial charge on any atom is 0.191 e. The topological polar surface area (TPSA) is 48.9 Å². The zero-order valence-electron chi connectivity index (χ0n) is 16.4. The van der Waals surface area contributed by atoms with Gasteiger partial charge in [-0.1, -0.05) is 31.2 Å². The third-order valence-electron chi connectivity index (χ3n) is 5.01. The van der Waals surface area contributed by atoms with Crippen LogP contribution in [0, 0.1) is 0 Å². The molecule has 0 aliphatic carbocycles. The smallest absolute Gasteiger partial charge is 0.191 e. The summed E-state index contributed by atoms with van der Waals surface area (Å²) in [4.78, 5) is 6.87. The Morgan fingerprint density at radius 3 is 2.64 bits per heavy atom. The highest BCUT2D eigenvalue weighted by Crippen LogP contribution is 2.14. The molecule has 1 heterocycles. The Hall–Kier alpha value is -1.59. The van der Waals surface area contributed by atoms with Crippen LogP contribution in [0.5, 0.6) is 0 Å². The summed E-state index contributed by atoms with van der Waals surface area (Å²) in [6.07, 6.45) is 1.07. The first-order valence-electron chi connectivity index (χ1n) is 9.44. The van der Waals surface area contributed by atoms with E-state index in [1.165, 1.54) is 11.1 Å². The summed E-state index contributed by atoms with van der Waals surface area (Å²) in [5, 5.41) is 6.95. The molecule has 0 saturated carbocycles. The molecule has 0 amide bonds. The molecule has 0 bridgehead atoms. The van der Waals surface area contributed by atoms with Gasteiger partial charge in [0.2, 0.25) is 0 Å². The highest BCUT2D eigenvalue weighted by Gasteiger charge is 2.23. The first kappa shape index (κ1) is 19.7. The summed E-state index contributed by atoms with van der Waals surface area (Å²) in [6, 6.07) is 9.92. The SMILES string of the molecule is CCc1ccc(C(C)NC(=NC)NCC(C)N2CCOCC2C)cc1. The Morgan fingerprint density at radius 2 is 2.04 bits per heavy atom. The van der Waals surface area contributed by atoms with Gasteiger partial charge in [0.25, 0.3) is 0 Å². The van der Waals surface area contributed by atoms with Crippen molar-refractivity contribution in [3.8, 4) is 0 Å². The molecule has 3 atom stereocenters. The zero-order chi connectivity index (χ0) is 18.2. The molecule has 25 heavy (non-hydrogen) atoms. The lowest BCUT2D eigenvalue weighted by atomic mass is 10.1. The van der Waals surface area contributed by atoms with Crippen LogP contribution < -0.4 is 10.6 Å². The highest BCUT2D eigenvalue weighted by atomic mass is 16.5. The Kier molecular flexibility index (Phi) is 7.72. The minimum absolute atomic E-state index is 0.217. The van der Waals surface area contributed by atoms with Gasteiger partial charge in [-0.2, -0.15) is 0 Å². The second kappa shape index (κ2) is 9.78. The maximum absolute atomic E-state index is 5.53. The molecule has 2 rings (SSSR count). The molecule has 0 radical (unpaired) electrons. The van der Waals surface area contributed by atoms with Crippen LogP contribution in [-0.2, 0) is 11.2 Å². The number of hydrogen-bond acceptors (Lipinski definition) is 3. The third-order valence-corrected chi connectivity index (χ3v) is 5.01. The number of aliphatic imine (C=N–C) groups is 1. The molecule has 1 fully saturated rings. The lowest BCUT2D eigenvalue weighted by Crippen LogP contribution is -2.53. The molecule has 2 N–H and O–H groups in total. The van der Waals surface area contributed by atoms with Gasteiger partial charge in [-0.15, -0.1) is 0 Å². The van der Waals surface area contributed by atoms with Crippen LogP contribution in [0.2, 0.25) is 0 Å². The van der Waals surface area contributed by atoms with Gasteiger partial charge >= 0.3 is 0 Å². The minimum Gasteiger partial charge on any atom is -0.379 e.